The molecule has 1 N–H and O–H groups in total. The van der Waals surface area contributed by atoms with Crippen LogP contribution in [0, 0.1) is 0 Å². The number of benzene rings is 1. The van der Waals surface area contributed by atoms with Gasteiger partial charge in [0.05, 0.1) is 11.4 Å². The van der Waals surface area contributed by atoms with Crippen LogP contribution in [0.4, 0.5) is 5.69 Å². The van der Waals surface area contributed by atoms with Gasteiger partial charge in [0, 0.05) is 6.42 Å². The maximum Gasteiger partial charge on any atom is 0.288 e. The largest absolute Gasteiger partial charge is 0.288 e. The zero-order valence-corrected chi connectivity index (χ0v) is 12.7. The van der Waals surface area contributed by atoms with Gasteiger partial charge in [0.1, 0.15) is 0 Å². The second-order valence-corrected chi connectivity index (χ2v) is 6.57. The highest BCUT2D eigenvalue weighted by Crippen LogP contribution is 2.31. The van der Waals surface area contributed by atoms with Gasteiger partial charge in [0.15, 0.2) is 4.87 Å². The van der Waals surface area contributed by atoms with E-state index in [0.717, 1.165) is 0 Å². The normalized spacial score (nSPS) is 22.8. The highest BCUT2D eigenvalue weighted by atomic mass is 32.2. The molecule has 1 aliphatic carbocycles. The van der Waals surface area contributed by atoms with Crippen molar-refractivity contribution in [3.63, 3.8) is 0 Å². The molecule has 0 spiro atoms. The van der Waals surface area contributed by atoms with Gasteiger partial charge in [0.2, 0.25) is 0 Å². The summed E-state index contributed by atoms with van der Waals surface area (Å²) >= 11 is 0. The van der Waals surface area contributed by atoms with Gasteiger partial charge in [-0.3, -0.25) is 9.45 Å². The summed E-state index contributed by atoms with van der Waals surface area (Å²) < 4.78 is 32.7. The lowest BCUT2D eigenvalue weighted by molar-refractivity contribution is 0.269. The van der Waals surface area contributed by atoms with Gasteiger partial charge in [-0.1, -0.05) is 24.3 Å². The molecule has 21 heavy (non-hydrogen) atoms. The van der Waals surface area contributed by atoms with E-state index in [0.29, 0.717) is 11.4 Å². The number of hydrogen-bond donors (Lipinski definition) is 1. The Labute approximate surface area is 124 Å². The van der Waals surface area contributed by atoms with Crippen LogP contribution in [0.1, 0.15) is 6.42 Å². The van der Waals surface area contributed by atoms with Crippen LogP contribution >= 0.6 is 0 Å². The molecule has 0 fully saturated rings. The molecule has 1 atom stereocenters. The van der Waals surface area contributed by atoms with Gasteiger partial charge >= 0.3 is 0 Å². The molecular weight excluding hydrogens is 290 g/mol. The van der Waals surface area contributed by atoms with Crippen LogP contribution in [0.5, 0.6) is 0 Å². The van der Waals surface area contributed by atoms with Crippen molar-refractivity contribution in [1.82, 2.24) is 4.90 Å². The molecule has 0 radical (unpaired) electrons. The van der Waals surface area contributed by atoms with Gasteiger partial charge in [-0.05, 0) is 38.4 Å². The molecular formula is C14H17N3O3S. The maximum atomic E-state index is 11.6. The van der Waals surface area contributed by atoms with Crippen LogP contribution in [-0.2, 0) is 10.1 Å². The molecule has 6 nitrogen and oxygen atoms in total. The first-order valence-corrected chi connectivity index (χ1v) is 7.80. The molecule has 0 saturated carbocycles. The Morgan fingerprint density at radius 2 is 1.86 bits per heavy atom. The fraction of sp³-hybridized carbons (Fsp3) is 0.286. The van der Waals surface area contributed by atoms with E-state index in [4.69, 9.17) is 0 Å². The summed E-state index contributed by atoms with van der Waals surface area (Å²) in [6.45, 7) is 0. The van der Waals surface area contributed by atoms with Crippen molar-refractivity contribution in [2.75, 3.05) is 14.1 Å². The van der Waals surface area contributed by atoms with E-state index in [9.17, 15) is 13.0 Å². The smallest absolute Gasteiger partial charge is 0.285 e. The Bertz CT molecular complexity index is 693. The van der Waals surface area contributed by atoms with Crippen LogP contribution in [0.25, 0.3) is 0 Å². The molecule has 0 heterocycles. The molecule has 2 rings (SSSR count). The molecule has 0 amide bonds. The molecule has 0 saturated heterocycles. The summed E-state index contributed by atoms with van der Waals surface area (Å²) in [5.41, 5.74) is 1.27. The Hall–Kier alpha value is -1.83. The molecule has 1 aromatic carbocycles. The van der Waals surface area contributed by atoms with E-state index in [1.165, 1.54) is 11.0 Å². The molecule has 0 aliphatic heterocycles. The quantitative estimate of drug-likeness (QED) is 0.685. The van der Waals surface area contributed by atoms with Crippen molar-refractivity contribution >= 4 is 15.8 Å². The minimum absolute atomic E-state index is 0.110. The monoisotopic (exact) mass is 307 g/mol. The van der Waals surface area contributed by atoms with E-state index >= 15 is 0 Å². The Morgan fingerprint density at radius 3 is 2.33 bits per heavy atom. The topological polar surface area (TPSA) is 82.3 Å². The first-order valence-electron chi connectivity index (χ1n) is 6.36. The third-order valence-electron chi connectivity index (χ3n) is 3.36. The number of likely N-dealkylation sites (N-methyl/N-ethyl adjacent to an activating group) is 1. The minimum Gasteiger partial charge on any atom is -0.285 e. The van der Waals surface area contributed by atoms with E-state index in [1.807, 2.05) is 30.3 Å². The summed E-state index contributed by atoms with van der Waals surface area (Å²) in [6, 6.07) is 9.23. The van der Waals surface area contributed by atoms with Crippen LogP contribution in [0.3, 0.4) is 0 Å². The maximum absolute atomic E-state index is 11.6. The zero-order chi connectivity index (χ0) is 15.5. The summed E-state index contributed by atoms with van der Waals surface area (Å²) in [5, 5.41) is 8.13. The van der Waals surface area contributed by atoms with Crippen molar-refractivity contribution < 1.29 is 13.0 Å². The van der Waals surface area contributed by atoms with E-state index in [1.54, 1.807) is 26.2 Å². The molecule has 7 heteroatoms. The van der Waals surface area contributed by atoms with E-state index < -0.39 is 15.0 Å². The van der Waals surface area contributed by atoms with Gasteiger partial charge < -0.3 is 0 Å². The average Bonchev–Trinajstić information content (AvgIpc) is 2.45. The SMILES string of the molecule is CN(C)C1(S(=O)(=O)O)C=CC(N=Nc2ccccc2)=CC1. The first kappa shape index (κ1) is 15.6. The summed E-state index contributed by atoms with van der Waals surface area (Å²) in [7, 11) is -1.06. The fourth-order valence-corrected chi connectivity index (χ4v) is 3.04. The predicted molar refractivity (Wildman–Crippen MR) is 80.8 cm³/mol. The molecule has 1 aliphatic rings. The third-order valence-corrected chi connectivity index (χ3v) is 4.92. The molecule has 1 aromatic rings. The number of rotatable bonds is 4. The number of hydrogen-bond acceptors (Lipinski definition) is 5. The zero-order valence-electron chi connectivity index (χ0n) is 11.8. The van der Waals surface area contributed by atoms with Crippen molar-refractivity contribution in [2.24, 2.45) is 10.2 Å². The highest BCUT2D eigenvalue weighted by molar-refractivity contribution is 7.87. The van der Waals surface area contributed by atoms with Crippen LogP contribution < -0.4 is 0 Å². The predicted octanol–water partition coefficient (Wildman–Crippen LogP) is 2.76. The van der Waals surface area contributed by atoms with Crippen molar-refractivity contribution in [2.45, 2.75) is 11.3 Å². The second kappa shape index (κ2) is 5.88. The minimum atomic E-state index is -4.26. The van der Waals surface area contributed by atoms with Crippen LogP contribution in [0.15, 0.2) is 64.5 Å². The van der Waals surface area contributed by atoms with Crippen LogP contribution in [-0.4, -0.2) is 36.8 Å². The fourth-order valence-electron chi connectivity index (χ4n) is 2.04. The number of allylic oxidation sites excluding steroid dienone is 1. The van der Waals surface area contributed by atoms with Crippen molar-refractivity contribution in [3.8, 4) is 0 Å². The first-order chi connectivity index (χ1) is 9.85. The van der Waals surface area contributed by atoms with Gasteiger partial charge in [-0.15, -0.1) is 0 Å². The molecule has 112 valence electrons. The van der Waals surface area contributed by atoms with Gasteiger partial charge in [-0.2, -0.15) is 18.6 Å². The average molecular weight is 307 g/mol. The second-order valence-electron chi connectivity index (χ2n) is 4.92. The van der Waals surface area contributed by atoms with E-state index in [2.05, 4.69) is 10.2 Å². The Morgan fingerprint density at radius 1 is 1.19 bits per heavy atom. The molecule has 0 bridgehead atoms. The molecule has 0 aromatic heterocycles. The lowest BCUT2D eigenvalue weighted by Crippen LogP contribution is -2.49. The van der Waals surface area contributed by atoms with Crippen molar-refractivity contribution in [3.05, 3.63) is 54.3 Å². The van der Waals surface area contributed by atoms with E-state index in [-0.39, 0.29) is 6.42 Å². The summed E-state index contributed by atoms with van der Waals surface area (Å²) in [4.78, 5) is 0.0131. The summed E-state index contributed by atoms with van der Waals surface area (Å²) in [5.74, 6) is 0. The Balaban J connectivity index is 2.20. The van der Waals surface area contributed by atoms with Gasteiger partial charge in [0.25, 0.3) is 10.1 Å². The van der Waals surface area contributed by atoms with Gasteiger partial charge in [-0.25, -0.2) is 0 Å². The molecule has 1 unspecified atom stereocenters. The number of azo groups is 1. The Kier molecular flexibility index (Phi) is 4.36. The summed E-state index contributed by atoms with van der Waals surface area (Å²) in [6.07, 6.45) is 4.73. The number of nitrogens with zero attached hydrogens (tertiary/aromatic N) is 3. The third kappa shape index (κ3) is 3.26. The highest BCUT2D eigenvalue weighted by Gasteiger charge is 2.43. The lowest BCUT2D eigenvalue weighted by Gasteiger charge is -2.34. The standard InChI is InChI=1S/C14H17N3O3S/c1-17(2)14(21(18,19)20)10-8-13(9-11-14)16-15-12-6-4-3-5-7-12/h3-10H,11H2,1-2H3,(H,18,19,20). The van der Waals surface area contributed by atoms with Crippen molar-refractivity contribution in [1.29, 1.82) is 0 Å². The van der Waals surface area contributed by atoms with Crippen LogP contribution in [0.2, 0.25) is 0 Å². The lowest BCUT2D eigenvalue weighted by atomic mass is 10.1.